The summed E-state index contributed by atoms with van der Waals surface area (Å²) in [5.74, 6) is -0.147. The number of carbonyl (C=O) groups is 1. The van der Waals surface area contributed by atoms with Crippen molar-refractivity contribution in [2.45, 2.75) is 47.5 Å². The van der Waals surface area contributed by atoms with Crippen LogP contribution < -0.4 is 4.90 Å². The Kier molecular flexibility index (Phi) is 8.54. The fourth-order valence-electron chi connectivity index (χ4n) is 3.49. The zero-order valence-corrected chi connectivity index (χ0v) is 20.1. The van der Waals surface area contributed by atoms with Crippen molar-refractivity contribution in [1.82, 2.24) is 0 Å². The lowest BCUT2D eigenvalue weighted by Gasteiger charge is -2.32. The molecule has 2 aromatic carbocycles. The van der Waals surface area contributed by atoms with E-state index in [-0.39, 0.29) is 11.4 Å². The molecule has 0 heterocycles. The van der Waals surface area contributed by atoms with Gasteiger partial charge in [-0.15, -0.1) is 0 Å². The van der Waals surface area contributed by atoms with Crippen molar-refractivity contribution in [3.05, 3.63) is 54.1 Å². The van der Waals surface area contributed by atoms with Crippen molar-refractivity contribution in [2.75, 3.05) is 25.1 Å². The van der Waals surface area contributed by atoms with Gasteiger partial charge in [-0.05, 0) is 74.2 Å². The smallest absolute Gasteiger partial charge is 0.311 e. The fourth-order valence-corrected chi connectivity index (χ4v) is 3.49. The molecule has 0 unspecified atom stereocenters. The summed E-state index contributed by atoms with van der Waals surface area (Å²) in [4.78, 5) is 14.6. The first-order valence-corrected chi connectivity index (χ1v) is 11.0. The number of rotatable bonds is 10. The van der Waals surface area contributed by atoms with Crippen LogP contribution in [0.4, 0.5) is 17.1 Å². The van der Waals surface area contributed by atoms with E-state index in [1.807, 2.05) is 50.1 Å². The van der Waals surface area contributed by atoms with Crippen LogP contribution in [0, 0.1) is 22.2 Å². The van der Waals surface area contributed by atoms with Crippen molar-refractivity contribution < 1.29 is 9.53 Å². The normalized spacial score (nSPS) is 11.9. The Hall–Kier alpha value is -3.20. The van der Waals surface area contributed by atoms with E-state index in [1.165, 1.54) is 0 Å². The molecule has 6 heteroatoms. The second-order valence-corrected chi connectivity index (χ2v) is 9.51. The van der Waals surface area contributed by atoms with Gasteiger partial charge >= 0.3 is 5.97 Å². The molecule has 0 aliphatic heterocycles. The van der Waals surface area contributed by atoms with Gasteiger partial charge in [-0.3, -0.25) is 4.79 Å². The lowest BCUT2D eigenvalue weighted by atomic mass is 9.74. The molecule has 0 radical (unpaired) electrons. The highest BCUT2D eigenvalue weighted by Crippen LogP contribution is 2.36. The molecule has 0 aliphatic rings. The maximum atomic E-state index is 12.6. The van der Waals surface area contributed by atoms with E-state index < -0.39 is 5.41 Å². The van der Waals surface area contributed by atoms with Gasteiger partial charge in [0.05, 0.1) is 35.0 Å². The Morgan fingerprint density at radius 3 is 2.03 bits per heavy atom. The Bertz CT molecular complexity index is 955. The summed E-state index contributed by atoms with van der Waals surface area (Å²) in [5, 5.41) is 17.3. The zero-order valence-electron chi connectivity index (χ0n) is 20.1. The van der Waals surface area contributed by atoms with Gasteiger partial charge < -0.3 is 9.64 Å². The molecule has 170 valence electrons. The number of hydrogen-bond donors (Lipinski definition) is 0. The molecule has 2 aromatic rings. The number of anilines is 1. The van der Waals surface area contributed by atoms with Crippen LogP contribution >= 0.6 is 0 Å². The SMILES string of the molecule is CCC(C)(C)CC(C)(C)C(=O)OCCN(C)c1ccc(N=Nc2ccc(C#N)cc2)cc1. The molecule has 0 saturated heterocycles. The highest BCUT2D eigenvalue weighted by Gasteiger charge is 2.35. The van der Waals surface area contributed by atoms with Gasteiger partial charge in [-0.1, -0.05) is 27.2 Å². The van der Waals surface area contributed by atoms with Gasteiger partial charge in [0.2, 0.25) is 0 Å². The predicted octanol–water partition coefficient (Wildman–Crippen LogP) is 6.81. The fraction of sp³-hybridized carbons (Fsp3) is 0.462. The molecule has 0 fully saturated rings. The number of nitriles is 1. The lowest BCUT2D eigenvalue weighted by molar-refractivity contribution is -0.155. The molecule has 2 rings (SSSR count). The Labute approximate surface area is 191 Å². The Balaban J connectivity index is 1.86. The van der Waals surface area contributed by atoms with Crippen LogP contribution in [-0.4, -0.2) is 26.2 Å². The van der Waals surface area contributed by atoms with Crippen molar-refractivity contribution in [3.63, 3.8) is 0 Å². The standard InChI is InChI=1S/C26H34N4O2/c1-7-25(2,3)19-26(4,5)24(31)32-17-16-30(6)23-14-12-22(13-15-23)29-28-21-10-8-20(18-27)9-11-21/h8-15H,7,16-17,19H2,1-6H3. The topological polar surface area (TPSA) is 78.0 Å². The largest absolute Gasteiger partial charge is 0.463 e. The third kappa shape index (κ3) is 7.49. The van der Waals surface area contributed by atoms with E-state index >= 15 is 0 Å². The van der Waals surface area contributed by atoms with E-state index in [2.05, 4.69) is 37.1 Å². The molecule has 32 heavy (non-hydrogen) atoms. The maximum absolute atomic E-state index is 12.6. The Morgan fingerprint density at radius 2 is 1.53 bits per heavy atom. The molecular formula is C26H34N4O2. The summed E-state index contributed by atoms with van der Waals surface area (Å²) in [5.41, 5.74) is 2.63. The van der Waals surface area contributed by atoms with Gasteiger partial charge in [-0.2, -0.15) is 15.5 Å². The van der Waals surface area contributed by atoms with Gasteiger partial charge in [0.1, 0.15) is 6.61 Å². The highest BCUT2D eigenvalue weighted by molar-refractivity contribution is 5.76. The van der Waals surface area contributed by atoms with Crippen molar-refractivity contribution >= 4 is 23.0 Å². The number of carbonyl (C=O) groups excluding carboxylic acids is 1. The van der Waals surface area contributed by atoms with Crippen molar-refractivity contribution in [3.8, 4) is 6.07 Å². The number of likely N-dealkylation sites (N-methyl/N-ethyl adjacent to an activating group) is 1. The molecule has 0 spiro atoms. The third-order valence-electron chi connectivity index (χ3n) is 5.66. The van der Waals surface area contributed by atoms with Gasteiger partial charge in [0.25, 0.3) is 0 Å². The number of ether oxygens (including phenoxy) is 1. The van der Waals surface area contributed by atoms with Gasteiger partial charge in [0.15, 0.2) is 0 Å². The highest BCUT2D eigenvalue weighted by atomic mass is 16.5. The van der Waals surface area contributed by atoms with Crippen LogP contribution in [0.3, 0.4) is 0 Å². The minimum absolute atomic E-state index is 0.110. The summed E-state index contributed by atoms with van der Waals surface area (Å²) >= 11 is 0. The van der Waals surface area contributed by atoms with Gasteiger partial charge in [-0.25, -0.2) is 0 Å². The average Bonchev–Trinajstić information content (AvgIpc) is 2.77. The van der Waals surface area contributed by atoms with Crippen LogP contribution in [0.2, 0.25) is 0 Å². The first-order valence-electron chi connectivity index (χ1n) is 11.0. The van der Waals surface area contributed by atoms with Crippen LogP contribution in [-0.2, 0) is 9.53 Å². The van der Waals surface area contributed by atoms with Crippen LogP contribution in [0.1, 0.15) is 53.0 Å². The molecule has 0 bridgehead atoms. The summed E-state index contributed by atoms with van der Waals surface area (Å²) in [6.45, 7) is 11.4. The van der Waals surface area contributed by atoms with Crippen molar-refractivity contribution in [1.29, 1.82) is 5.26 Å². The number of azo groups is 1. The molecule has 0 saturated carbocycles. The quantitative estimate of drug-likeness (QED) is 0.304. The van der Waals surface area contributed by atoms with Crippen molar-refractivity contribution in [2.24, 2.45) is 21.1 Å². The first kappa shape index (κ1) is 25.1. The molecular weight excluding hydrogens is 400 g/mol. The number of hydrogen-bond acceptors (Lipinski definition) is 6. The molecule has 0 atom stereocenters. The van der Waals surface area contributed by atoms with E-state index in [9.17, 15) is 4.79 Å². The second kappa shape index (κ2) is 10.9. The molecule has 0 aliphatic carbocycles. The monoisotopic (exact) mass is 434 g/mol. The lowest BCUT2D eigenvalue weighted by Crippen LogP contribution is -2.34. The van der Waals surface area contributed by atoms with Gasteiger partial charge in [0, 0.05) is 12.7 Å². The summed E-state index contributed by atoms with van der Waals surface area (Å²) < 4.78 is 5.58. The van der Waals surface area contributed by atoms with E-state index in [0.29, 0.717) is 24.4 Å². The van der Waals surface area contributed by atoms with Crippen LogP contribution in [0.15, 0.2) is 58.8 Å². The molecule has 0 aromatic heterocycles. The number of benzene rings is 2. The second-order valence-electron chi connectivity index (χ2n) is 9.51. The van der Waals surface area contributed by atoms with E-state index in [0.717, 1.165) is 24.2 Å². The molecule has 0 amide bonds. The summed E-state index contributed by atoms with van der Waals surface area (Å²) in [6.07, 6.45) is 1.82. The third-order valence-corrected chi connectivity index (χ3v) is 5.66. The molecule has 6 nitrogen and oxygen atoms in total. The van der Waals surface area contributed by atoms with E-state index in [1.54, 1.807) is 24.3 Å². The average molecular weight is 435 g/mol. The number of esters is 1. The Morgan fingerprint density at radius 1 is 1.00 bits per heavy atom. The predicted molar refractivity (Wildman–Crippen MR) is 128 cm³/mol. The maximum Gasteiger partial charge on any atom is 0.311 e. The number of nitrogens with zero attached hydrogens (tertiary/aromatic N) is 4. The zero-order chi connectivity index (χ0) is 23.8. The van der Waals surface area contributed by atoms with Crippen LogP contribution in [0.5, 0.6) is 0 Å². The summed E-state index contributed by atoms with van der Waals surface area (Å²) in [7, 11) is 1.96. The first-order chi connectivity index (χ1) is 15.1. The minimum atomic E-state index is -0.500. The summed E-state index contributed by atoms with van der Waals surface area (Å²) in [6, 6.07) is 16.7. The minimum Gasteiger partial charge on any atom is -0.463 e. The van der Waals surface area contributed by atoms with Crippen LogP contribution in [0.25, 0.3) is 0 Å². The molecule has 0 N–H and O–H groups in total. The van der Waals surface area contributed by atoms with E-state index in [4.69, 9.17) is 10.00 Å².